The summed E-state index contributed by atoms with van der Waals surface area (Å²) in [6.07, 6.45) is 0. The van der Waals surface area contributed by atoms with Crippen molar-refractivity contribution in [2.75, 3.05) is 0 Å². The SMILES string of the molecule is O=C(OCc1ccc(-c2ccccc2)cc1)c1cc2ccccc2o1. The van der Waals surface area contributed by atoms with Gasteiger partial charge in [0.1, 0.15) is 12.2 Å². The molecule has 0 unspecified atom stereocenters. The molecular formula is C22H16O3. The zero-order valence-corrected chi connectivity index (χ0v) is 13.5. The van der Waals surface area contributed by atoms with Crippen LogP contribution >= 0.6 is 0 Å². The van der Waals surface area contributed by atoms with Crippen molar-refractivity contribution in [3.8, 4) is 11.1 Å². The van der Waals surface area contributed by atoms with Gasteiger partial charge in [-0.3, -0.25) is 0 Å². The minimum absolute atomic E-state index is 0.213. The molecule has 0 saturated heterocycles. The summed E-state index contributed by atoms with van der Waals surface area (Å²) >= 11 is 0. The zero-order valence-electron chi connectivity index (χ0n) is 13.5. The van der Waals surface area contributed by atoms with Gasteiger partial charge in [0, 0.05) is 5.39 Å². The largest absolute Gasteiger partial charge is 0.455 e. The maximum Gasteiger partial charge on any atom is 0.374 e. The summed E-state index contributed by atoms with van der Waals surface area (Å²) in [7, 11) is 0. The number of rotatable bonds is 4. The molecule has 0 aliphatic carbocycles. The Kier molecular flexibility index (Phi) is 4.05. The van der Waals surface area contributed by atoms with Crippen molar-refractivity contribution in [2.45, 2.75) is 6.61 Å². The van der Waals surface area contributed by atoms with Crippen LogP contribution in [0, 0.1) is 0 Å². The lowest BCUT2D eigenvalue weighted by Gasteiger charge is -2.05. The van der Waals surface area contributed by atoms with E-state index in [-0.39, 0.29) is 12.4 Å². The number of hydrogen-bond donors (Lipinski definition) is 0. The van der Waals surface area contributed by atoms with E-state index in [1.54, 1.807) is 6.07 Å². The van der Waals surface area contributed by atoms with Crippen molar-refractivity contribution in [2.24, 2.45) is 0 Å². The minimum atomic E-state index is -0.455. The number of carbonyl (C=O) groups excluding carboxylic acids is 1. The van der Waals surface area contributed by atoms with E-state index >= 15 is 0 Å². The number of para-hydroxylation sites is 1. The highest BCUT2D eigenvalue weighted by Gasteiger charge is 2.13. The zero-order chi connectivity index (χ0) is 17.1. The molecule has 1 aromatic heterocycles. The normalized spacial score (nSPS) is 10.7. The van der Waals surface area contributed by atoms with Crippen LogP contribution in [-0.2, 0) is 11.3 Å². The van der Waals surface area contributed by atoms with Crippen molar-refractivity contribution in [3.63, 3.8) is 0 Å². The summed E-state index contributed by atoms with van der Waals surface area (Å²) in [4.78, 5) is 12.2. The molecule has 0 fully saturated rings. The lowest BCUT2D eigenvalue weighted by molar-refractivity contribution is 0.0439. The third-order valence-corrected chi connectivity index (χ3v) is 4.06. The first-order chi connectivity index (χ1) is 12.3. The maximum absolute atomic E-state index is 12.2. The molecule has 25 heavy (non-hydrogen) atoms. The molecule has 0 radical (unpaired) electrons. The Morgan fingerprint density at radius 2 is 1.48 bits per heavy atom. The summed E-state index contributed by atoms with van der Waals surface area (Å²) in [5.74, 6) is -0.231. The number of carbonyl (C=O) groups is 1. The van der Waals surface area contributed by atoms with Crippen molar-refractivity contribution in [1.82, 2.24) is 0 Å². The lowest BCUT2D eigenvalue weighted by atomic mass is 10.0. The first-order valence-corrected chi connectivity index (χ1v) is 8.10. The molecule has 1 heterocycles. The van der Waals surface area contributed by atoms with Crippen LogP contribution in [0.5, 0.6) is 0 Å². The molecule has 3 heteroatoms. The van der Waals surface area contributed by atoms with Gasteiger partial charge in [0.05, 0.1) is 0 Å². The van der Waals surface area contributed by atoms with Crippen LogP contribution in [0.3, 0.4) is 0 Å². The van der Waals surface area contributed by atoms with Gasteiger partial charge in [-0.15, -0.1) is 0 Å². The number of hydrogen-bond acceptors (Lipinski definition) is 3. The Bertz CT molecular complexity index is 965. The Hall–Kier alpha value is -3.33. The van der Waals surface area contributed by atoms with E-state index in [0.29, 0.717) is 5.58 Å². The highest BCUT2D eigenvalue weighted by molar-refractivity contribution is 5.92. The van der Waals surface area contributed by atoms with E-state index in [1.165, 1.54) is 0 Å². The summed E-state index contributed by atoms with van der Waals surface area (Å²) in [5.41, 5.74) is 3.91. The van der Waals surface area contributed by atoms with Gasteiger partial charge >= 0.3 is 5.97 Å². The van der Waals surface area contributed by atoms with Gasteiger partial charge in [0.15, 0.2) is 0 Å². The van der Waals surface area contributed by atoms with Crippen LogP contribution in [0.15, 0.2) is 89.3 Å². The van der Waals surface area contributed by atoms with Crippen molar-refractivity contribution < 1.29 is 13.9 Å². The Morgan fingerprint density at radius 1 is 0.800 bits per heavy atom. The van der Waals surface area contributed by atoms with Crippen molar-refractivity contribution in [3.05, 3.63) is 96.3 Å². The maximum atomic E-state index is 12.2. The molecule has 0 aliphatic heterocycles. The summed E-state index contributed by atoms with van der Waals surface area (Å²) in [5, 5.41) is 0.890. The van der Waals surface area contributed by atoms with Crippen LogP contribution in [0.2, 0.25) is 0 Å². The molecule has 122 valence electrons. The van der Waals surface area contributed by atoms with Crippen molar-refractivity contribution >= 4 is 16.9 Å². The van der Waals surface area contributed by atoms with Gasteiger partial charge in [-0.05, 0) is 28.8 Å². The average molecular weight is 328 g/mol. The summed E-state index contributed by atoms with van der Waals surface area (Å²) < 4.78 is 10.9. The molecule has 4 rings (SSSR count). The number of benzene rings is 3. The number of esters is 1. The van der Waals surface area contributed by atoms with Crippen LogP contribution in [0.25, 0.3) is 22.1 Å². The molecule has 0 N–H and O–H groups in total. The highest BCUT2D eigenvalue weighted by Crippen LogP contribution is 2.21. The fourth-order valence-corrected chi connectivity index (χ4v) is 2.73. The Balaban J connectivity index is 1.43. The lowest BCUT2D eigenvalue weighted by Crippen LogP contribution is -2.03. The van der Waals surface area contributed by atoms with Crippen LogP contribution in [0.4, 0.5) is 0 Å². The predicted octanol–water partition coefficient (Wildman–Crippen LogP) is 5.46. The Labute approximate surface area is 145 Å². The molecule has 3 nitrogen and oxygen atoms in total. The van der Waals surface area contributed by atoms with Gasteiger partial charge in [0.25, 0.3) is 0 Å². The van der Waals surface area contributed by atoms with E-state index in [9.17, 15) is 4.79 Å². The van der Waals surface area contributed by atoms with Gasteiger partial charge in [-0.25, -0.2) is 4.79 Å². The van der Waals surface area contributed by atoms with Crippen LogP contribution in [-0.4, -0.2) is 5.97 Å². The third-order valence-electron chi connectivity index (χ3n) is 4.06. The fraction of sp³-hybridized carbons (Fsp3) is 0.0455. The topological polar surface area (TPSA) is 39.4 Å². The first kappa shape index (κ1) is 15.2. The fourth-order valence-electron chi connectivity index (χ4n) is 2.73. The third kappa shape index (κ3) is 3.31. The second-order valence-electron chi connectivity index (χ2n) is 5.79. The minimum Gasteiger partial charge on any atom is -0.455 e. The number of ether oxygens (including phenoxy) is 1. The molecule has 0 atom stereocenters. The number of furan rings is 1. The van der Waals surface area contributed by atoms with Crippen LogP contribution < -0.4 is 0 Å². The van der Waals surface area contributed by atoms with E-state index < -0.39 is 5.97 Å². The van der Waals surface area contributed by atoms with Gasteiger partial charge in [-0.1, -0.05) is 72.8 Å². The molecule has 0 spiro atoms. The second kappa shape index (κ2) is 6.65. The summed E-state index contributed by atoms with van der Waals surface area (Å²) in [6.45, 7) is 0.213. The molecule has 0 amide bonds. The van der Waals surface area contributed by atoms with E-state index in [0.717, 1.165) is 22.1 Å². The monoisotopic (exact) mass is 328 g/mol. The van der Waals surface area contributed by atoms with Crippen LogP contribution in [0.1, 0.15) is 16.1 Å². The van der Waals surface area contributed by atoms with E-state index in [1.807, 2.05) is 66.7 Å². The molecule has 3 aromatic carbocycles. The molecule has 0 saturated carbocycles. The molecule has 4 aromatic rings. The molecule has 0 bridgehead atoms. The second-order valence-corrected chi connectivity index (χ2v) is 5.79. The molecule has 0 aliphatic rings. The smallest absolute Gasteiger partial charge is 0.374 e. The standard InChI is InChI=1S/C22H16O3/c23-22(21-14-19-8-4-5-9-20(19)25-21)24-15-16-10-12-18(13-11-16)17-6-2-1-3-7-17/h1-14H,15H2. The van der Waals surface area contributed by atoms with E-state index in [2.05, 4.69) is 12.1 Å². The van der Waals surface area contributed by atoms with Gasteiger partial charge < -0.3 is 9.15 Å². The molecular weight excluding hydrogens is 312 g/mol. The predicted molar refractivity (Wildman–Crippen MR) is 97.2 cm³/mol. The van der Waals surface area contributed by atoms with E-state index in [4.69, 9.17) is 9.15 Å². The van der Waals surface area contributed by atoms with Gasteiger partial charge in [0.2, 0.25) is 5.76 Å². The highest BCUT2D eigenvalue weighted by atomic mass is 16.5. The average Bonchev–Trinajstić information content (AvgIpc) is 3.11. The van der Waals surface area contributed by atoms with Crippen molar-refractivity contribution in [1.29, 1.82) is 0 Å². The summed E-state index contributed by atoms with van der Waals surface area (Å²) in [6, 6.07) is 27.3. The van der Waals surface area contributed by atoms with Gasteiger partial charge in [-0.2, -0.15) is 0 Å². The quantitative estimate of drug-likeness (QED) is 0.467. The first-order valence-electron chi connectivity index (χ1n) is 8.10. The Morgan fingerprint density at radius 3 is 2.24 bits per heavy atom. The number of fused-ring (bicyclic) bond motifs is 1.